The SMILES string of the molecule is CC1CCCCC1CC(=O)NCc1ccc(S(C)(=O)=O)nc1. The van der Waals surface area contributed by atoms with E-state index in [-0.39, 0.29) is 10.9 Å². The van der Waals surface area contributed by atoms with E-state index in [9.17, 15) is 13.2 Å². The lowest BCUT2D eigenvalue weighted by Gasteiger charge is -2.28. The topological polar surface area (TPSA) is 76.1 Å². The Morgan fingerprint density at radius 2 is 2.05 bits per heavy atom. The fourth-order valence-electron chi connectivity index (χ4n) is 2.94. The molecule has 0 aromatic carbocycles. The number of aromatic nitrogens is 1. The number of sulfone groups is 1. The smallest absolute Gasteiger partial charge is 0.220 e. The first kappa shape index (κ1) is 16.9. The molecule has 1 aliphatic rings. The van der Waals surface area contributed by atoms with Crippen molar-refractivity contribution < 1.29 is 13.2 Å². The van der Waals surface area contributed by atoms with Gasteiger partial charge in [-0.2, -0.15) is 0 Å². The molecule has 1 aromatic rings. The van der Waals surface area contributed by atoms with E-state index in [4.69, 9.17) is 0 Å². The van der Waals surface area contributed by atoms with Gasteiger partial charge in [-0.05, 0) is 29.9 Å². The van der Waals surface area contributed by atoms with E-state index in [1.807, 2.05) is 0 Å². The highest BCUT2D eigenvalue weighted by atomic mass is 32.2. The summed E-state index contributed by atoms with van der Waals surface area (Å²) in [6.45, 7) is 2.61. The molecular formula is C16H24N2O3S. The molecule has 2 unspecified atom stereocenters. The number of amides is 1. The summed E-state index contributed by atoms with van der Waals surface area (Å²) in [5, 5.41) is 2.95. The summed E-state index contributed by atoms with van der Waals surface area (Å²) in [5.41, 5.74) is 0.803. The van der Waals surface area contributed by atoms with Crippen LogP contribution >= 0.6 is 0 Å². The fraction of sp³-hybridized carbons (Fsp3) is 0.625. The van der Waals surface area contributed by atoms with Crippen LogP contribution in [0, 0.1) is 11.8 Å². The van der Waals surface area contributed by atoms with Crippen LogP contribution in [0.3, 0.4) is 0 Å². The van der Waals surface area contributed by atoms with Gasteiger partial charge in [-0.3, -0.25) is 4.79 Å². The average Bonchev–Trinajstić information content (AvgIpc) is 2.47. The molecule has 1 heterocycles. The summed E-state index contributed by atoms with van der Waals surface area (Å²) in [4.78, 5) is 15.9. The summed E-state index contributed by atoms with van der Waals surface area (Å²) >= 11 is 0. The van der Waals surface area contributed by atoms with Gasteiger partial charge in [0.1, 0.15) is 0 Å². The standard InChI is InChI=1S/C16H24N2O3S/c1-12-5-3-4-6-14(12)9-15(19)17-10-13-7-8-16(18-11-13)22(2,20)21/h7-8,11-12,14H,3-6,9-10H2,1-2H3,(H,17,19). The van der Waals surface area contributed by atoms with Crippen LogP contribution in [0.5, 0.6) is 0 Å². The number of nitrogens with zero attached hydrogens (tertiary/aromatic N) is 1. The predicted octanol–water partition coefficient (Wildman–Crippen LogP) is 2.32. The lowest BCUT2D eigenvalue weighted by atomic mass is 9.78. The zero-order valence-corrected chi connectivity index (χ0v) is 14.0. The van der Waals surface area contributed by atoms with E-state index in [1.165, 1.54) is 31.5 Å². The zero-order chi connectivity index (χ0) is 16.2. The minimum absolute atomic E-state index is 0.0543. The molecule has 1 saturated carbocycles. The Hall–Kier alpha value is -1.43. The van der Waals surface area contributed by atoms with Crippen LogP contribution in [0.25, 0.3) is 0 Å². The summed E-state index contributed by atoms with van der Waals surface area (Å²) in [6, 6.07) is 3.16. The number of rotatable bonds is 5. The molecule has 5 nitrogen and oxygen atoms in total. The Balaban J connectivity index is 1.83. The van der Waals surface area contributed by atoms with Crippen LogP contribution < -0.4 is 5.32 Å². The van der Waals surface area contributed by atoms with E-state index in [2.05, 4.69) is 17.2 Å². The molecule has 2 atom stereocenters. The van der Waals surface area contributed by atoms with Crippen molar-refractivity contribution in [3.8, 4) is 0 Å². The van der Waals surface area contributed by atoms with E-state index in [1.54, 1.807) is 6.07 Å². The number of hydrogen-bond acceptors (Lipinski definition) is 4. The third kappa shape index (κ3) is 4.80. The van der Waals surface area contributed by atoms with Crippen molar-refractivity contribution in [1.29, 1.82) is 0 Å². The maximum absolute atomic E-state index is 12.0. The van der Waals surface area contributed by atoms with Gasteiger partial charge in [0.05, 0.1) is 0 Å². The van der Waals surface area contributed by atoms with E-state index in [0.29, 0.717) is 24.8 Å². The first-order valence-electron chi connectivity index (χ1n) is 7.78. The lowest BCUT2D eigenvalue weighted by Crippen LogP contribution is -2.28. The highest BCUT2D eigenvalue weighted by molar-refractivity contribution is 7.90. The Bertz CT molecular complexity index is 611. The van der Waals surface area contributed by atoms with Gasteiger partial charge >= 0.3 is 0 Å². The van der Waals surface area contributed by atoms with Gasteiger partial charge in [0.15, 0.2) is 14.9 Å². The van der Waals surface area contributed by atoms with Gasteiger partial charge in [-0.15, -0.1) is 0 Å². The largest absolute Gasteiger partial charge is 0.352 e. The normalized spacial score (nSPS) is 22.3. The Labute approximate surface area is 132 Å². The molecule has 0 radical (unpaired) electrons. The van der Waals surface area contributed by atoms with Crippen molar-refractivity contribution in [1.82, 2.24) is 10.3 Å². The summed E-state index contributed by atoms with van der Waals surface area (Å²) < 4.78 is 22.7. The molecule has 1 fully saturated rings. The third-order valence-electron chi connectivity index (χ3n) is 4.40. The van der Waals surface area contributed by atoms with Crippen LogP contribution in [0.1, 0.15) is 44.6 Å². The second-order valence-electron chi connectivity index (χ2n) is 6.28. The number of carbonyl (C=O) groups excluding carboxylic acids is 1. The van der Waals surface area contributed by atoms with Crippen molar-refractivity contribution in [2.45, 2.75) is 50.6 Å². The monoisotopic (exact) mass is 324 g/mol. The van der Waals surface area contributed by atoms with Crippen LogP contribution in [-0.4, -0.2) is 25.6 Å². The van der Waals surface area contributed by atoms with Crippen molar-refractivity contribution in [3.63, 3.8) is 0 Å². The predicted molar refractivity (Wildman–Crippen MR) is 84.9 cm³/mol. The maximum atomic E-state index is 12.0. The van der Waals surface area contributed by atoms with Crippen molar-refractivity contribution in [2.24, 2.45) is 11.8 Å². The molecule has 0 spiro atoms. The molecular weight excluding hydrogens is 300 g/mol. The van der Waals surface area contributed by atoms with Gasteiger partial charge in [-0.25, -0.2) is 13.4 Å². The third-order valence-corrected chi connectivity index (χ3v) is 5.41. The molecule has 0 aliphatic heterocycles. The molecule has 2 rings (SSSR count). The molecule has 1 N–H and O–H groups in total. The maximum Gasteiger partial charge on any atom is 0.220 e. The molecule has 0 bridgehead atoms. The second kappa shape index (κ2) is 7.22. The van der Waals surface area contributed by atoms with E-state index < -0.39 is 9.84 Å². The molecule has 0 saturated heterocycles. The molecule has 1 amide bonds. The van der Waals surface area contributed by atoms with E-state index >= 15 is 0 Å². The second-order valence-corrected chi connectivity index (χ2v) is 8.24. The summed E-state index contributed by atoms with van der Waals surface area (Å²) in [5.74, 6) is 1.17. The molecule has 122 valence electrons. The number of pyridine rings is 1. The first-order chi connectivity index (χ1) is 10.4. The van der Waals surface area contributed by atoms with Crippen molar-refractivity contribution in [3.05, 3.63) is 23.9 Å². The molecule has 22 heavy (non-hydrogen) atoms. The Morgan fingerprint density at radius 1 is 1.32 bits per heavy atom. The Morgan fingerprint density at radius 3 is 2.64 bits per heavy atom. The lowest BCUT2D eigenvalue weighted by molar-refractivity contribution is -0.122. The zero-order valence-electron chi connectivity index (χ0n) is 13.2. The van der Waals surface area contributed by atoms with Gasteiger partial charge < -0.3 is 5.32 Å². The minimum Gasteiger partial charge on any atom is -0.352 e. The number of nitrogens with one attached hydrogen (secondary N) is 1. The van der Waals surface area contributed by atoms with Gasteiger partial charge in [0, 0.05) is 25.4 Å². The van der Waals surface area contributed by atoms with Crippen LogP contribution in [0.2, 0.25) is 0 Å². The molecule has 6 heteroatoms. The van der Waals surface area contributed by atoms with Gasteiger partial charge in [0.2, 0.25) is 5.91 Å². The highest BCUT2D eigenvalue weighted by Crippen LogP contribution is 2.31. The quantitative estimate of drug-likeness (QED) is 0.902. The van der Waals surface area contributed by atoms with Crippen molar-refractivity contribution >= 4 is 15.7 Å². The fourth-order valence-corrected chi connectivity index (χ4v) is 3.50. The highest BCUT2D eigenvalue weighted by Gasteiger charge is 2.23. The number of hydrogen-bond donors (Lipinski definition) is 1. The summed E-state index contributed by atoms with van der Waals surface area (Å²) in [7, 11) is -3.27. The van der Waals surface area contributed by atoms with Gasteiger partial charge in [-0.1, -0.05) is 32.3 Å². The van der Waals surface area contributed by atoms with Crippen LogP contribution in [0.15, 0.2) is 23.4 Å². The van der Waals surface area contributed by atoms with E-state index in [0.717, 1.165) is 18.2 Å². The Kier molecular flexibility index (Phi) is 5.56. The van der Waals surface area contributed by atoms with Crippen molar-refractivity contribution in [2.75, 3.05) is 6.26 Å². The first-order valence-corrected chi connectivity index (χ1v) is 9.67. The van der Waals surface area contributed by atoms with Crippen LogP contribution in [-0.2, 0) is 21.2 Å². The minimum atomic E-state index is -3.27. The average molecular weight is 324 g/mol. The molecule has 1 aliphatic carbocycles. The van der Waals surface area contributed by atoms with Crippen LogP contribution in [0.4, 0.5) is 0 Å². The summed E-state index contributed by atoms with van der Waals surface area (Å²) in [6.07, 6.45) is 8.06. The molecule has 1 aromatic heterocycles. The van der Waals surface area contributed by atoms with Gasteiger partial charge in [0.25, 0.3) is 0 Å². The number of carbonyl (C=O) groups is 1.